The summed E-state index contributed by atoms with van der Waals surface area (Å²) in [6, 6.07) is 13.1. The van der Waals surface area contributed by atoms with E-state index in [1.54, 1.807) is 12.1 Å². The van der Waals surface area contributed by atoms with Crippen LogP contribution in [0.15, 0.2) is 42.5 Å². The maximum absolute atomic E-state index is 12.8. The van der Waals surface area contributed by atoms with Crippen LogP contribution in [0.4, 0.5) is 11.4 Å². The van der Waals surface area contributed by atoms with Crippen molar-refractivity contribution in [3.05, 3.63) is 59.2 Å². The summed E-state index contributed by atoms with van der Waals surface area (Å²) in [7, 11) is 0. The van der Waals surface area contributed by atoms with Gasteiger partial charge in [0.15, 0.2) is 6.61 Å². The molecule has 1 N–H and O–H groups in total. The number of carbonyl (C=O) groups is 2. The first-order chi connectivity index (χ1) is 15.3. The fourth-order valence-corrected chi connectivity index (χ4v) is 4.46. The largest absolute Gasteiger partial charge is 0.460 e. The van der Waals surface area contributed by atoms with Crippen molar-refractivity contribution in [3.8, 4) is 0 Å². The van der Waals surface area contributed by atoms with Crippen molar-refractivity contribution in [2.75, 3.05) is 11.9 Å². The molecule has 3 atom stereocenters. The third-order valence-electron chi connectivity index (χ3n) is 6.59. The summed E-state index contributed by atoms with van der Waals surface area (Å²) >= 11 is 0. The normalized spacial score (nSPS) is 20.6. The predicted octanol–water partition coefficient (Wildman–Crippen LogP) is 6.21. The molecule has 2 aromatic carbocycles. The standard InChI is InChI=1S/C27H35NO4/c1-17(2)21-14-13-18(3)15-25(21)32-26(29)16-31-27(30)22-10-6-7-11-24(22)28-23-12-8-9-19(4)20(23)5/h6-12,17-18,21,25,28H,13-16H2,1-5H3/t18-,21+,25-/m1/s1. The van der Waals surface area contributed by atoms with Gasteiger partial charge in [0, 0.05) is 5.69 Å². The van der Waals surface area contributed by atoms with E-state index in [2.05, 4.69) is 26.1 Å². The lowest BCUT2D eigenvalue weighted by Gasteiger charge is -2.36. The molecule has 5 heteroatoms. The Labute approximate surface area is 191 Å². The van der Waals surface area contributed by atoms with Gasteiger partial charge in [-0.15, -0.1) is 0 Å². The van der Waals surface area contributed by atoms with Crippen LogP contribution in [0.2, 0.25) is 0 Å². The molecule has 1 fully saturated rings. The zero-order chi connectivity index (χ0) is 23.3. The van der Waals surface area contributed by atoms with Crippen molar-refractivity contribution < 1.29 is 19.1 Å². The van der Waals surface area contributed by atoms with Crippen LogP contribution in [0.25, 0.3) is 0 Å². The second-order valence-electron chi connectivity index (χ2n) is 9.35. The number of carbonyl (C=O) groups excluding carboxylic acids is 2. The molecule has 0 amide bonds. The molecule has 0 saturated heterocycles. The van der Waals surface area contributed by atoms with Crippen LogP contribution in [0.3, 0.4) is 0 Å². The molecule has 5 nitrogen and oxygen atoms in total. The summed E-state index contributed by atoms with van der Waals surface area (Å²) in [6.07, 6.45) is 2.98. The summed E-state index contributed by atoms with van der Waals surface area (Å²) in [5.74, 6) is 0.309. The van der Waals surface area contributed by atoms with Crippen molar-refractivity contribution in [2.24, 2.45) is 17.8 Å². The number of aryl methyl sites for hydroxylation is 1. The molecule has 0 bridgehead atoms. The average molecular weight is 438 g/mol. The van der Waals surface area contributed by atoms with E-state index in [1.807, 2.05) is 44.2 Å². The zero-order valence-electron chi connectivity index (χ0n) is 19.8. The van der Waals surface area contributed by atoms with Crippen LogP contribution >= 0.6 is 0 Å². The molecule has 1 saturated carbocycles. The Morgan fingerprint density at radius 1 is 1.03 bits per heavy atom. The van der Waals surface area contributed by atoms with E-state index in [1.165, 1.54) is 0 Å². The summed E-state index contributed by atoms with van der Waals surface area (Å²) in [4.78, 5) is 25.2. The molecule has 0 radical (unpaired) electrons. The van der Waals surface area contributed by atoms with Crippen LogP contribution in [-0.2, 0) is 14.3 Å². The fraction of sp³-hybridized carbons (Fsp3) is 0.481. The van der Waals surface area contributed by atoms with Gasteiger partial charge in [0.1, 0.15) is 6.10 Å². The Balaban J connectivity index is 1.62. The molecule has 0 spiro atoms. The highest BCUT2D eigenvalue weighted by molar-refractivity contribution is 5.97. The summed E-state index contributed by atoms with van der Waals surface area (Å²) < 4.78 is 11.1. The number of hydrogen-bond acceptors (Lipinski definition) is 5. The van der Waals surface area contributed by atoms with Gasteiger partial charge in [-0.3, -0.25) is 0 Å². The molecule has 3 rings (SSSR count). The van der Waals surface area contributed by atoms with E-state index in [4.69, 9.17) is 9.47 Å². The Morgan fingerprint density at radius 2 is 1.75 bits per heavy atom. The quantitative estimate of drug-likeness (QED) is 0.522. The number of para-hydroxylation sites is 1. The van der Waals surface area contributed by atoms with Crippen molar-refractivity contribution >= 4 is 23.3 Å². The average Bonchev–Trinajstić information content (AvgIpc) is 2.75. The number of hydrogen-bond donors (Lipinski definition) is 1. The van der Waals surface area contributed by atoms with E-state index in [0.717, 1.165) is 36.1 Å². The highest BCUT2D eigenvalue weighted by Crippen LogP contribution is 2.35. The van der Waals surface area contributed by atoms with Gasteiger partial charge in [-0.05, 0) is 73.8 Å². The Morgan fingerprint density at radius 3 is 2.50 bits per heavy atom. The highest BCUT2D eigenvalue weighted by atomic mass is 16.6. The second-order valence-corrected chi connectivity index (χ2v) is 9.35. The number of ether oxygens (including phenoxy) is 2. The van der Waals surface area contributed by atoms with E-state index in [9.17, 15) is 9.59 Å². The Kier molecular flexibility index (Phi) is 7.94. The maximum atomic E-state index is 12.8. The van der Waals surface area contributed by atoms with Gasteiger partial charge in [-0.25, -0.2) is 9.59 Å². The minimum absolute atomic E-state index is 0.108. The number of benzene rings is 2. The summed E-state index contributed by atoms with van der Waals surface area (Å²) in [5.41, 5.74) is 4.22. The molecular formula is C27H35NO4. The predicted molar refractivity (Wildman–Crippen MR) is 127 cm³/mol. The number of rotatable bonds is 7. The number of esters is 2. The van der Waals surface area contributed by atoms with Gasteiger partial charge < -0.3 is 14.8 Å². The molecule has 0 unspecified atom stereocenters. The van der Waals surface area contributed by atoms with E-state index >= 15 is 0 Å². The van der Waals surface area contributed by atoms with Crippen molar-refractivity contribution in [2.45, 2.75) is 60.0 Å². The van der Waals surface area contributed by atoms with Crippen LogP contribution < -0.4 is 5.32 Å². The first-order valence-electron chi connectivity index (χ1n) is 11.5. The van der Waals surface area contributed by atoms with Gasteiger partial charge in [0.2, 0.25) is 0 Å². The first-order valence-corrected chi connectivity index (χ1v) is 11.5. The molecular weight excluding hydrogens is 402 g/mol. The number of nitrogens with one attached hydrogen (secondary N) is 1. The molecule has 172 valence electrons. The van der Waals surface area contributed by atoms with Gasteiger partial charge in [-0.2, -0.15) is 0 Å². The van der Waals surface area contributed by atoms with Crippen LogP contribution in [0, 0.1) is 31.6 Å². The Hall–Kier alpha value is -2.82. The smallest absolute Gasteiger partial charge is 0.344 e. The SMILES string of the molecule is Cc1cccc(Nc2ccccc2C(=O)OCC(=O)O[C@@H]2C[C@H](C)CC[C@H]2C(C)C)c1C. The number of anilines is 2. The summed E-state index contributed by atoms with van der Waals surface area (Å²) in [6.45, 7) is 10.2. The van der Waals surface area contributed by atoms with E-state index < -0.39 is 11.9 Å². The van der Waals surface area contributed by atoms with Gasteiger partial charge in [0.25, 0.3) is 0 Å². The Bertz CT molecular complexity index is 952. The lowest BCUT2D eigenvalue weighted by molar-refractivity contribution is -0.159. The van der Waals surface area contributed by atoms with E-state index in [-0.39, 0.29) is 12.7 Å². The topological polar surface area (TPSA) is 64.6 Å². The van der Waals surface area contributed by atoms with Crippen LogP contribution in [0.1, 0.15) is 61.5 Å². The molecule has 1 aliphatic carbocycles. The van der Waals surface area contributed by atoms with Crippen LogP contribution in [0.5, 0.6) is 0 Å². The van der Waals surface area contributed by atoms with Gasteiger partial charge in [0.05, 0.1) is 11.3 Å². The van der Waals surface area contributed by atoms with E-state index in [0.29, 0.717) is 29.0 Å². The van der Waals surface area contributed by atoms with Gasteiger partial charge in [-0.1, -0.05) is 51.5 Å². The molecule has 0 aliphatic heterocycles. The monoisotopic (exact) mass is 437 g/mol. The first kappa shape index (κ1) is 23.8. The zero-order valence-corrected chi connectivity index (χ0v) is 19.8. The molecule has 0 heterocycles. The second kappa shape index (κ2) is 10.7. The maximum Gasteiger partial charge on any atom is 0.344 e. The molecule has 32 heavy (non-hydrogen) atoms. The lowest BCUT2D eigenvalue weighted by Crippen LogP contribution is -2.36. The minimum atomic E-state index is -0.548. The van der Waals surface area contributed by atoms with Crippen LogP contribution in [-0.4, -0.2) is 24.6 Å². The third kappa shape index (κ3) is 5.90. The highest BCUT2D eigenvalue weighted by Gasteiger charge is 2.33. The van der Waals surface area contributed by atoms with Gasteiger partial charge >= 0.3 is 11.9 Å². The molecule has 1 aliphatic rings. The summed E-state index contributed by atoms with van der Waals surface area (Å²) in [5, 5.41) is 3.32. The fourth-order valence-electron chi connectivity index (χ4n) is 4.46. The van der Waals surface area contributed by atoms with Crippen molar-refractivity contribution in [3.63, 3.8) is 0 Å². The lowest BCUT2D eigenvalue weighted by atomic mass is 9.75. The minimum Gasteiger partial charge on any atom is -0.460 e. The molecule has 0 aromatic heterocycles. The van der Waals surface area contributed by atoms with Crippen molar-refractivity contribution in [1.82, 2.24) is 0 Å². The molecule has 2 aromatic rings. The third-order valence-corrected chi connectivity index (χ3v) is 6.59. The van der Waals surface area contributed by atoms with Crippen molar-refractivity contribution in [1.29, 1.82) is 0 Å².